The van der Waals surface area contributed by atoms with Gasteiger partial charge in [0.25, 0.3) is 0 Å². The smallest absolute Gasteiger partial charge is 0.0649 e. The van der Waals surface area contributed by atoms with Gasteiger partial charge < -0.3 is 10.4 Å². The van der Waals surface area contributed by atoms with Crippen LogP contribution >= 0.6 is 0 Å². The molecule has 0 amide bonds. The first-order valence-corrected chi connectivity index (χ1v) is 9.16. The van der Waals surface area contributed by atoms with Gasteiger partial charge in [0.15, 0.2) is 0 Å². The summed E-state index contributed by atoms with van der Waals surface area (Å²) in [4.78, 5) is 0. The summed E-state index contributed by atoms with van der Waals surface area (Å²) in [6.45, 7) is 5.49. The van der Waals surface area contributed by atoms with Crippen molar-refractivity contribution in [2.45, 2.75) is 109 Å². The lowest BCUT2D eigenvalue weighted by atomic mass is 9.79. The van der Waals surface area contributed by atoms with E-state index < -0.39 is 0 Å². The first-order valence-electron chi connectivity index (χ1n) is 9.16. The molecule has 0 aromatic rings. The van der Waals surface area contributed by atoms with Crippen LogP contribution in [0.15, 0.2) is 0 Å². The Hall–Kier alpha value is -0.0800. The SMILES string of the molecule is CCCCCCCCCCC1(O)CCC(NCC)CC1. The molecule has 2 nitrogen and oxygen atoms in total. The monoisotopic (exact) mass is 283 g/mol. The van der Waals surface area contributed by atoms with Gasteiger partial charge in [-0.2, -0.15) is 0 Å². The van der Waals surface area contributed by atoms with Crippen LogP contribution in [-0.4, -0.2) is 23.3 Å². The standard InChI is InChI=1S/C18H37NO/c1-3-5-6-7-8-9-10-11-14-18(20)15-12-17(13-16-18)19-4-2/h17,19-20H,3-16H2,1-2H3. The first-order chi connectivity index (χ1) is 9.70. The van der Waals surface area contributed by atoms with E-state index in [1.54, 1.807) is 0 Å². The van der Waals surface area contributed by atoms with Crippen LogP contribution in [0.25, 0.3) is 0 Å². The summed E-state index contributed by atoms with van der Waals surface area (Å²) in [6, 6.07) is 0.652. The van der Waals surface area contributed by atoms with E-state index in [2.05, 4.69) is 19.2 Å². The van der Waals surface area contributed by atoms with Crippen LogP contribution in [0.3, 0.4) is 0 Å². The Kier molecular flexibility index (Phi) is 9.54. The minimum atomic E-state index is -0.339. The summed E-state index contributed by atoms with van der Waals surface area (Å²) in [7, 11) is 0. The molecule has 1 saturated carbocycles. The van der Waals surface area contributed by atoms with E-state index in [4.69, 9.17) is 0 Å². The van der Waals surface area contributed by atoms with Crippen molar-refractivity contribution >= 4 is 0 Å². The molecule has 0 saturated heterocycles. The zero-order chi connectivity index (χ0) is 14.7. The predicted molar refractivity (Wildman–Crippen MR) is 88.1 cm³/mol. The maximum Gasteiger partial charge on any atom is 0.0649 e. The van der Waals surface area contributed by atoms with Gasteiger partial charge in [0, 0.05) is 6.04 Å². The third-order valence-corrected chi connectivity index (χ3v) is 4.90. The highest BCUT2D eigenvalue weighted by Gasteiger charge is 2.32. The summed E-state index contributed by atoms with van der Waals surface area (Å²) in [5, 5.41) is 14.1. The van der Waals surface area contributed by atoms with Crippen LogP contribution in [-0.2, 0) is 0 Å². The number of hydrogen-bond acceptors (Lipinski definition) is 2. The average molecular weight is 284 g/mol. The fraction of sp³-hybridized carbons (Fsp3) is 1.00. The molecule has 20 heavy (non-hydrogen) atoms. The molecule has 0 bridgehead atoms. The predicted octanol–water partition coefficient (Wildman–Crippen LogP) is 4.80. The van der Waals surface area contributed by atoms with Gasteiger partial charge in [-0.15, -0.1) is 0 Å². The van der Waals surface area contributed by atoms with E-state index in [0.29, 0.717) is 6.04 Å². The first kappa shape index (κ1) is 18.0. The second-order valence-electron chi connectivity index (χ2n) is 6.78. The summed E-state index contributed by atoms with van der Waals surface area (Å²) < 4.78 is 0. The number of rotatable bonds is 11. The third-order valence-electron chi connectivity index (χ3n) is 4.90. The maximum atomic E-state index is 10.6. The molecule has 0 heterocycles. The molecule has 1 aliphatic rings. The summed E-state index contributed by atoms with van der Waals surface area (Å²) in [5.74, 6) is 0. The van der Waals surface area contributed by atoms with Crippen LogP contribution in [0.5, 0.6) is 0 Å². The van der Waals surface area contributed by atoms with E-state index in [1.165, 1.54) is 51.4 Å². The van der Waals surface area contributed by atoms with Crippen molar-refractivity contribution in [1.82, 2.24) is 5.32 Å². The average Bonchev–Trinajstić information content (AvgIpc) is 2.45. The van der Waals surface area contributed by atoms with Gasteiger partial charge in [0.1, 0.15) is 0 Å². The minimum absolute atomic E-state index is 0.339. The van der Waals surface area contributed by atoms with Crippen molar-refractivity contribution in [2.24, 2.45) is 0 Å². The van der Waals surface area contributed by atoms with Gasteiger partial charge in [0.05, 0.1) is 5.60 Å². The second kappa shape index (κ2) is 10.6. The van der Waals surface area contributed by atoms with Crippen LogP contribution in [0.2, 0.25) is 0 Å². The Morgan fingerprint density at radius 2 is 1.45 bits per heavy atom. The zero-order valence-electron chi connectivity index (χ0n) is 13.9. The highest BCUT2D eigenvalue weighted by molar-refractivity contribution is 4.87. The topological polar surface area (TPSA) is 32.3 Å². The lowest BCUT2D eigenvalue weighted by Gasteiger charge is -2.36. The van der Waals surface area contributed by atoms with Gasteiger partial charge in [-0.1, -0.05) is 65.2 Å². The number of nitrogens with one attached hydrogen (secondary N) is 1. The summed E-state index contributed by atoms with van der Waals surface area (Å²) in [5.41, 5.74) is -0.339. The van der Waals surface area contributed by atoms with Crippen LogP contribution in [0, 0.1) is 0 Å². The minimum Gasteiger partial charge on any atom is -0.390 e. The van der Waals surface area contributed by atoms with Crippen LogP contribution in [0.4, 0.5) is 0 Å². The van der Waals surface area contributed by atoms with Crippen molar-refractivity contribution < 1.29 is 5.11 Å². The fourth-order valence-electron chi connectivity index (χ4n) is 3.49. The quantitative estimate of drug-likeness (QED) is 0.534. The highest BCUT2D eigenvalue weighted by Crippen LogP contribution is 2.32. The van der Waals surface area contributed by atoms with E-state index in [0.717, 1.165) is 38.6 Å². The molecule has 1 aliphatic carbocycles. The highest BCUT2D eigenvalue weighted by atomic mass is 16.3. The van der Waals surface area contributed by atoms with E-state index in [9.17, 15) is 5.11 Å². The molecule has 0 unspecified atom stereocenters. The maximum absolute atomic E-state index is 10.6. The molecule has 0 radical (unpaired) electrons. The summed E-state index contributed by atoms with van der Waals surface area (Å²) in [6.07, 6.45) is 16.2. The number of hydrogen-bond donors (Lipinski definition) is 2. The van der Waals surface area contributed by atoms with Crippen LogP contribution < -0.4 is 5.32 Å². The van der Waals surface area contributed by atoms with Crippen molar-refractivity contribution in [3.8, 4) is 0 Å². The molecule has 1 rings (SSSR count). The lowest BCUT2D eigenvalue weighted by Crippen LogP contribution is -2.41. The Morgan fingerprint density at radius 1 is 0.900 bits per heavy atom. The molecule has 0 aromatic heterocycles. The molecule has 120 valence electrons. The second-order valence-corrected chi connectivity index (χ2v) is 6.78. The molecule has 0 aliphatic heterocycles. The molecule has 2 heteroatoms. The van der Waals surface area contributed by atoms with Gasteiger partial charge in [0.2, 0.25) is 0 Å². The molecule has 0 atom stereocenters. The lowest BCUT2D eigenvalue weighted by molar-refractivity contribution is -0.0128. The van der Waals surface area contributed by atoms with Gasteiger partial charge >= 0.3 is 0 Å². The Labute approximate surface area is 126 Å². The van der Waals surface area contributed by atoms with Crippen molar-refractivity contribution in [1.29, 1.82) is 0 Å². The third kappa shape index (κ3) is 7.64. The van der Waals surface area contributed by atoms with Gasteiger partial charge in [-0.25, -0.2) is 0 Å². The van der Waals surface area contributed by atoms with Crippen molar-refractivity contribution in [3.63, 3.8) is 0 Å². The molecular formula is C18H37NO. The largest absolute Gasteiger partial charge is 0.390 e. The van der Waals surface area contributed by atoms with E-state index in [-0.39, 0.29) is 5.60 Å². The Bertz CT molecular complexity index is 221. The fourth-order valence-corrected chi connectivity index (χ4v) is 3.49. The van der Waals surface area contributed by atoms with Gasteiger partial charge in [-0.05, 0) is 38.6 Å². The zero-order valence-corrected chi connectivity index (χ0v) is 13.9. The van der Waals surface area contributed by atoms with Crippen LogP contribution in [0.1, 0.15) is 97.3 Å². The number of aliphatic hydroxyl groups is 1. The van der Waals surface area contributed by atoms with Gasteiger partial charge in [-0.3, -0.25) is 0 Å². The molecule has 2 N–H and O–H groups in total. The molecule has 0 aromatic carbocycles. The van der Waals surface area contributed by atoms with E-state index in [1.807, 2.05) is 0 Å². The Balaban J connectivity index is 1.98. The molecule has 0 spiro atoms. The molecule has 1 fully saturated rings. The summed E-state index contributed by atoms with van der Waals surface area (Å²) >= 11 is 0. The van der Waals surface area contributed by atoms with Crippen molar-refractivity contribution in [3.05, 3.63) is 0 Å². The Morgan fingerprint density at radius 3 is 2.00 bits per heavy atom. The van der Waals surface area contributed by atoms with E-state index >= 15 is 0 Å². The normalized spacial score (nSPS) is 26.9. The molecular weight excluding hydrogens is 246 g/mol. The number of unbranched alkanes of at least 4 members (excludes halogenated alkanes) is 7. The van der Waals surface area contributed by atoms with Crippen molar-refractivity contribution in [2.75, 3.05) is 6.54 Å².